The van der Waals surface area contributed by atoms with E-state index in [-0.39, 0.29) is 24.2 Å². The molecule has 0 aliphatic carbocycles. The van der Waals surface area contributed by atoms with Gasteiger partial charge >= 0.3 is 0 Å². The average Bonchev–Trinajstić information content (AvgIpc) is 3.13. The number of aryl methyl sites for hydroxylation is 2. The molecule has 1 aliphatic rings. The van der Waals surface area contributed by atoms with Gasteiger partial charge in [-0.1, -0.05) is 33.6 Å². The minimum absolute atomic E-state index is 0.0228. The molecule has 158 valence electrons. The van der Waals surface area contributed by atoms with Crippen molar-refractivity contribution in [1.29, 1.82) is 0 Å². The number of carbonyl (C=O) groups is 2. The summed E-state index contributed by atoms with van der Waals surface area (Å²) in [6.07, 6.45) is 0.212. The maximum Gasteiger partial charge on any atom is 0.229 e. The summed E-state index contributed by atoms with van der Waals surface area (Å²) in [5, 5.41) is 2.92. The van der Waals surface area contributed by atoms with E-state index in [1.807, 2.05) is 56.3 Å². The highest BCUT2D eigenvalue weighted by atomic mass is 79.9. The van der Waals surface area contributed by atoms with Gasteiger partial charge in [0.1, 0.15) is 11.5 Å². The van der Waals surface area contributed by atoms with E-state index < -0.39 is 0 Å². The monoisotopic (exact) mass is 478 g/mol. The van der Waals surface area contributed by atoms with Crippen molar-refractivity contribution < 1.29 is 14.3 Å². The summed E-state index contributed by atoms with van der Waals surface area (Å²) < 4.78 is 6.79. The first-order chi connectivity index (χ1) is 14.9. The standard InChI is InChI=1S/C25H23BrN2O3/c1-16-3-12-23(17(2)13-16)28-15-18(14-24(28)29)25(30)27-20-6-10-22(11-7-20)31-21-8-4-19(26)5-9-21/h3-13,18H,14-15H2,1-2H3,(H,27,30)/t18-/m1/s1. The van der Waals surface area contributed by atoms with Crippen molar-refractivity contribution in [3.63, 3.8) is 0 Å². The summed E-state index contributed by atoms with van der Waals surface area (Å²) in [6.45, 7) is 4.40. The molecule has 3 aromatic rings. The number of nitrogens with one attached hydrogen (secondary N) is 1. The van der Waals surface area contributed by atoms with Crippen molar-refractivity contribution in [3.8, 4) is 11.5 Å². The first kappa shape index (κ1) is 21.1. The summed E-state index contributed by atoms with van der Waals surface area (Å²) in [5.41, 5.74) is 3.73. The molecule has 0 radical (unpaired) electrons. The van der Waals surface area contributed by atoms with Crippen LogP contribution in [-0.2, 0) is 9.59 Å². The van der Waals surface area contributed by atoms with Crippen LogP contribution in [-0.4, -0.2) is 18.4 Å². The normalized spacial score (nSPS) is 15.8. The fourth-order valence-corrected chi connectivity index (χ4v) is 3.98. The van der Waals surface area contributed by atoms with E-state index in [2.05, 4.69) is 21.2 Å². The number of halogens is 1. The fraction of sp³-hybridized carbons (Fsp3) is 0.200. The second-order valence-electron chi connectivity index (χ2n) is 7.76. The van der Waals surface area contributed by atoms with Gasteiger partial charge in [0, 0.05) is 28.8 Å². The van der Waals surface area contributed by atoms with E-state index in [0.717, 1.165) is 27.0 Å². The molecule has 1 atom stereocenters. The number of rotatable bonds is 5. The van der Waals surface area contributed by atoms with E-state index in [4.69, 9.17) is 4.74 Å². The third-order valence-corrected chi connectivity index (χ3v) is 5.84. The van der Waals surface area contributed by atoms with Gasteiger partial charge in [-0.05, 0) is 74.0 Å². The number of ether oxygens (including phenoxy) is 1. The Hall–Kier alpha value is -3.12. The Labute approximate surface area is 190 Å². The van der Waals surface area contributed by atoms with Crippen LogP contribution in [0.25, 0.3) is 0 Å². The fourth-order valence-electron chi connectivity index (χ4n) is 3.71. The Balaban J connectivity index is 1.38. The van der Waals surface area contributed by atoms with E-state index in [0.29, 0.717) is 18.0 Å². The molecule has 1 heterocycles. The molecule has 3 aromatic carbocycles. The Bertz CT molecular complexity index is 1110. The quantitative estimate of drug-likeness (QED) is 0.500. The lowest BCUT2D eigenvalue weighted by Gasteiger charge is -2.19. The summed E-state index contributed by atoms with van der Waals surface area (Å²) in [4.78, 5) is 27.0. The highest BCUT2D eigenvalue weighted by molar-refractivity contribution is 9.10. The van der Waals surface area contributed by atoms with Crippen LogP contribution in [0.2, 0.25) is 0 Å². The lowest BCUT2D eigenvalue weighted by molar-refractivity contribution is -0.122. The van der Waals surface area contributed by atoms with Crippen molar-refractivity contribution in [2.75, 3.05) is 16.8 Å². The van der Waals surface area contributed by atoms with Gasteiger partial charge in [0.25, 0.3) is 0 Å². The summed E-state index contributed by atoms with van der Waals surface area (Å²) in [6, 6.07) is 20.8. The van der Waals surface area contributed by atoms with Gasteiger partial charge in [0.2, 0.25) is 11.8 Å². The van der Waals surface area contributed by atoms with Crippen molar-refractivity contribution in [2.45, 2.75) is 20.3 Å². The van der Waals surface area contributed by atoms with Crippen LogP contribution >= 0.6 is 15.9 Å². The molecule has 0 aromatic heterocycles. The Kier molecular flexibility index (Phi) is 6.09. The molecule has 6 heteroatoms. The number of hydrogen-bond acceptors (Lipinski definition) is 3. The molecule has 0 unspecified atom stereocenters. The van der Waals surface area contributed by atoms with Crippen molar-refractivity contribution in [2.24, 2.45) is 5.92 Å². The summed E-state index contributed by atoms with van der Waals surface area (Å²) in [7, 11) is 0. The molecule has 0 saturated carbocycles. The molecular formula is C25H23BrN2O3. The van der Waals surface area contributed by atoms with Crippen molar-refractivity contribution in [3.05, 3.63) is 82.3 Å². The van der Waals surface area contributed by atoms with Crippen LogP contribution in [0.15, 0.2) is 71.2 Å². The molecule has 0 bridgehead atoms. The predicted octanol–water partition coefficient (Wildman–Crippen LogP) is 5.85. The average molecular weight is 479 g/mol. The van der Waals surface area contributed by atoms with Crippen molar-refractivity contribution >= 4 is 39.1 Å². The van der Waals surface area contributed by atoms with Crippen LogP contribution in [0, 0.1) is 19.8 Å². The second-order valence-corrected chi connectivity index (χ2v) is 8.68. The second kappa shape index (κ2) is 8.94. The lowest BCUT2D eigenvalue weighted by atomic mass is 10.1. The summed E-state index contributed by atoms with van der Waals surface area (Å²) >= 11 is 3.40. The predicted molar refractivity (Wildman–Crippen MR) is 126 cm³/mol. The van der Waals surface area contributed by atoms with Crippen molar-refractivity contribution in [1.82, 2.24) is 0 Å². The van der Waals surface area contributed by atoms with E-state index in [1.165, 1.54) is 0 Å². The van der Waals surface area contributed by atoms with Gasteiger partial charge < -0.3 is 15.0 Å². The number of hydrogen-bond donors (Lipinski definition) is 1. The first-order valence-electron chi connectivity index (χ1n) is 10.1. The molecule has 5 nitrogen and oxygen atoms in total. The smallest absolute Gasteiger partial charge is 0.229 e. The molecule has 31 heavy (non-hydrogen) atoms. The van der Waals surface area contributed by atoms with Crippen LogP contribution in [0.3, 0.4) is 0 Å². The number of amides is 2. The van der Waals surface area contributed by atoms with Crippen LogP contribution in [0.4, 0.5) is 11.4 Å². The molecule has 1 fully saturated rings. The highest BCUT2D eigenvalue weighted by Crippen LogP contribution is 2.30. The van der Waals surface area contributed by atoms with E-state index >= 15 is 0 Å². The number of anilines is 2. The zero-order valence-electron chi connectivity index (χ0n) is 17.4. The van der Waals surface area contributed by atoms with Gasteiger partial charge in [-0.2, -0.15) is 0 Å². The van der Waals surface area contributed by atoms with Gasteiger partial charge in [0.05, 0.1) is 5.92 Å². The van der Waals surface area contributed by atoms with Gasteiger partial charge in [-0.15, -0.1) is 0 Å². The molecule has 2 amide bonds. The largest absolute Gasteiger partial charge is 0.457 e. The SMILES string of the molecule is Cc1ccc(N2C[C@H](C(=O)Nc3ccc(Oc4ccc(Br)cc4)cc3)CC2=O)c(C)c1. The Morgan fingerprint density at radius 2 is 1.65 bits per heavy atom. The molecule has 1 saturated heterocycles. The third kappa shape index (κ3) is 4.97. The maximum absolute atomic E-state index is 12.8. The van der Waals surface area contributed by atoms with Gasteiger partial charge in [-0.25, -0.2) is 0 Å². The number of carbonyl (C=O) groups excluding carboxylic acids is 2. The molecular weight excluding hydrogens is 456 g/mol. The van der Waals surface area contributed by atoms with Crippen LogP contribution < -0.4 is 15.0 Å². The maximum atomic E-state index is 12.8. The number of nitrogens with zero attached hydrogens (tertiary/aromatic N) is 1. The first-order valence-corrected chi connectivity index (χ1v) is 10.9. The van der Waals surface area contributed by atoms with Gasteiger partial charge in [-0.3, -0.25) is 9.59 Å². The third-order valence-electron chi connectivity index (χ3n) is 5.31. The van der Waals surface area contributed by atoms with E-state index in [9.17, 15) is 9.59 Å². The molecule has 1 N–H and O–H groups in total. The molecule has 1 aliphatic heterocycles. The lowest BCUT2D eigenvalue weighted by Crippen LogP contribution is -2.28. The molecule has 4 rings (SSSR count). The van der Waals surface area contributed by atoms with Gasteiger partial charge in [0.15, 0.2) is 0 Å². The van der Waals surface area contributed by atoms with Crippen LogP contribution in [0.1, 0.15) is 17.5 Å². The Morgan fingerprint density at radius 1 is 1.00 bits per heavy atom. The molecule has 0 spiro atoms. The summed E-state index contributed by atoms with van der Waals surface area (Å²) in [5.74, 6) is 0.854. The minimum Gasteiger partial charge on any atom is -0.457 e. The Morgan fingerprint density at radius 3 is 2.29 bits per heavy atom. The topological polar surface area (TPSA) is 58.6 Å². The minimum atomic E-state index is -0.383. The van der Waals surface area contributed by atoms with E-state index in [1.54, 1.807) is 29.2 Å². The highest BCUT2D eigenvalue weighted by Gasteiger charge is 2.35. The van der Waals surface area contributed by atoms with Crippen LogP contribution in [0.5, 0.6) is 11.5 Å². The number of benzene rings is 3. The zero-order valence-corrected chi connectivity index (χ0v) is 19.0. The zero-order chi connectivity index (χ0) is 22.0.